The second-order valence-electron chi connectivity index (χ2n) is 4.24. The Morgan fingerprint density at radius 3 is 2.94 bits per heavy atom. The minimum absolute atomic E-state index is 0.540. The molecule has 0 amide bonds. The Kier molecular flexibility index (Phi) is 6.16. The fourth-order valence-electron chi connectivity index (χ4n) is 1.63. The van der Waals surface area contributed by atoms with E-state index in [1.807, 2.05) is 18.2 Å². The van der Waals surface area contributed by atoms with Crippen molar-refractivity contribution in [3.8, 4) is 5.75 Å². The van der Waals surface area contributed by atoms with Gasteiger partial charge in [-0.2, -0.15) is 0 Å². The molecule has 0 radical (unpaired) electrons. The smallest absolute Gasteiger partial charge is 0.120 e. The maximum atomic E-state index is 5.66. The van der Waals surface area contributed by atoms with Gasteiger partial charge in [0.1, 0.15) is 12.4 Å². The van der Waals surface area contributed by atoms with Gasteiger partial charge in [-0.25, -0.2) is 0 Å². The van der Waals surface area contributed by atoms with Gasteiger partial charge in [0.2, 0.25) is 0 Å². The molecule has 0 fully saturated rings. The number of hydrogen-bond acceptors (Lipinski definition) is 1. The fraction of sp³-hybridized carbons (Fsp3) is 0.375. The monoisotopic (exact) mass is 230 g/mol. The van der Waals surface area contributed by atoms with Crippen molar-refractivity contribution in [2.45, 2.75) is 26.7 Å². The lowest BCUT2D eigenvalue weighted by Crippen LogP contribution is -1.95. The van der Waals surface area contributed by atoms with Gasteiger partial charge in [0.15, 0.2) is 0 Å². The molecule has 0 N–H and O–H groups in total. The Balaban J connectivity index is 2.37. The minimum atomic E-state index is 0.540. The predicted octanol–water partition coefficient (Wildman–Crippen LogP) is 4.40. The summed E-state index contributed by atoms with van der Waals surface area (Å²) in [4.78, 5) is 0. The molecule has 1 atom stereocenters. The summed E-state index contributed by atoms with van der Waals surface area (Å²) in [5, 5.41) is 0. The highest BCUT2D eigenvalue weighted by atomic mass is 16.5. The highest BCUT2D eigenvalue weighted by Crippen LogP contribution is 2.13. The Labute approximate surface area is 105 Å². The van der Waals surface area contributed by atoms with E-state index in [2.05, 4.69) is 44.7 Å². The summed E-state index contributed by atoms with van der Waals surface area (Å²) in [5.41, 5.74) is 1.31. The van der Waals surface area contributed by atoms with Crippen LogP contribution >= 0.6 is 0 Å². The van der Waals surface area contributed by atoms with E-state index < -0.39 is 0 Å². The normalized spacial score (nSPS) is 12.6. The molecule has 0 aliphatic heterocycles. The zero-order valence-corrected chi connectivity index (χ0v) is 10.9. The van der Waals surface area contributed by atoms with Crippen molar-refractivity contribution in [3.05, 3.63) is 54.6 Å². The van der Waals surface area contributed by atoms with Crippen molar-refractivity contribution in [2.24, 2.45) is 5.92 Å². The maximum Gasteiger partial charge on any atom is 0.120 e. The summed E-state index contributed by atoms with van der Waals surface area (Å²) < 4.78 is 5.66. The third-order valence-electron chi connectivity index (χ3n) is 2.66. The van der Waals surface area contributed by atoms with E-state index in [9.17, 15) is 0 Å². The lowest BCUT2D eigenvalue weighted by Gasteiger charge is -2.05. The first-order valence-electron chi connectivity index (χ1n) is 6.25. The minimum Gasteiger partial charge on any atom is -0.490 e. The zero-order chi connectivity index (χ0) is 12.5. The molecule has 17 heavy (non-hydrogen) atoms. The molecule has 92 valence electrons. The molecule has 1 heteroatoms. The molecule has 0 unspecified atom stereocenters. The van der Waals surface area contributed by atoms with E-state index in [1.165, 1.54) is 5.56 Å². The molecule has 1 nitrogen and oxygen atoms in total. The van der Waals surface area contributed by atoms with E-state index in [0.29, 0.717) is 12.5 Å². The largest absolute Gasteiger partial charge is 0.490 e. The van der Waals surface area contributed by atoms with E-state index in [1.54, 1.807) is 0 Å². The van der Waals surface area contributed by atoms with Crippen LogP contribution in [0.3, 0.4) is 0 Å². The zero-order valence-electron chi connectivity index (χ0n) is 10.9. The van der Waals surface area contributed by atoms with Crippen molar-refractivity contribution in [1.29, 1.82) is 0 Å². The SMILES string of the molecule is C=CC[C@@H](C)/C=C/COc1cccc(CC)c1. The van der Waals surface area contributed by atoms with Crippen LogP contribution in [0.4, 0.5) is 0 Å². The number of hydrogen-bond donors (Lipinski definition) is 0. The summed E-state index contributed by atoms with van der Waals surface area (Å²) in [6, 6.07) is 8.26. The number of rotatable bonds is 7. The first kappa shape index (κ1) is 13.6. The summed E-state index contributed by atoms with van der Waals surface area (Å²) in [7, 11) is 0. The summed E-state index contributed by atoms with van der Waals surface area (Å²) >= 11 is 0. The molecule has 0 heterocycles. The standard InChI is InChI=1S/C16H22O/c1-4-8-14(3)9-7-12-17-16-11-6-10-15(5-2)13-16/h4,6-7,9-11,13-14H,1,5,8,12H2,2-3H3/b9-7+/t14-/m1/s1. The van der Waals surface area contributed by atoms with Gasteiger partial charge in [0, 0.05) is 0 Å². The second-order valence-corrected chi connectivity index (χ2v) is 4.24. The van der Waals surface area contributed by atoms with Gasteiger partial charge >= 0.3 is 0 Å². The third kappa shape index (κ3) is 5.39. The van der Waals surface area contributed by atoms with Crippen molar-refractivity contribution in [2.75, 3.05) is 6.61 Å². The molecular weight excluding hydrogens is 208 g/mol. The van der Waals surface area contributed by atoms with Crippen LogP contribution in [0.5, 0.6) is 5.75 Å². The Hall–Kier alpha value is -1.50. The van der Waals surface area contributed by atoms with Gasteiger partial charge < -0.3 is 4.74 Å². The number of aryl methyl sites for hydroxylation is 1. The van der Waals surface area contributed by atoms with Crippen LogP contribution < -0.4 is 4.74 Å². The molecule has 0 bridgehead atoms. The summed E-state index contributed by atoms with van der Waals surface area (Å²) in [5.74, 6) is 1.49. The first-order valence-corrected chi connectivity index (χ1v) is 6.25. The van der Waals surface area contributed by atoms with Crippen molar-refractivity contribution >= 4 is 0 Å². The van der Waals surface area contributed by atoms with Crippen molar-refractivity contribution < 1.29 is 4.74 Å². The molecule has 1 rings (SSSR count). The lowest BCUT2D eigenvalue weighted by atomic mass is 10.1. The van der Waals surface area contributed by atoms with E-state index >= 15 is 0 Å². The van der Waals surface area contributed by atoms with Gasteiger partial charge in [-0.05, 0) is 36.5 Å². The first-order chi connectivity index (χ1) is 8.26. The molecule has 0 aromatic heterocycles. The number of ether oxygens (including phenoxy) is 1. The maximum absolute atomic E-state index is 5.66. The van der Waals surface area contributed by atoms with E-state index in [-0.39, 0.29) is 0 Å². The molecular formula is C16H22O. The van der Waals surface area contributed by atoms with Crippen molar-refractivity contribution in [3.63, 3.8) is 0 Å². The second kappa shape index (κ2) is 7.72. The van der Waals surface area contributed by atoms with Crippen LogP contribution in [0.1, 0.15) is 25.8 Å². The molecule has 1 aromatic carbocycles. The molecule has 0 spiro atoms. The van der Waals surface area contributed by atoms with Gasteiger partial charge in [-0.3, -0.25) is 0 Å². The highest BCUT2D eigenvalue weighted by molar-refractivity contribution is 5.28. The average Bonchev–Trinajstić information content (AvgIpc) is 2.35. The summed E-state index contributed by atoms with van der Waals surface area (Å²) in [6.45, 7) is 8.69. The fourth-order valence-corrected chi connectivity index (χ4v) is 1.63. The Bertz CT molecular complexity index is 366. The topological polar surface area (TPSA) is 9.23 Å². The van der Waals surface area contributed by atoms with Gasteiger partial charge in [-0.15, -0.1) is 6.58 Å². The van der Waals surface area contributed by atoms with Gasteiger partial charge in [-0.1, -0.05) is 44.2 Å². The quantitative estimate of drug-likeness (QED) is 0.631. The third-order valence-corrected chi connectivity index (χ3v) is 2.66. The Morgan fingerprint density at radius 1 is 1.41 bits per heavy atom. The van der Waals surface area contributed by atoms with Crippen molar-refractivity contribution in [1.82, 2.24) is 0 Å². The predicted molar refractivity (Wildman–Crippen MR) is 74.4 cm³/mol. The highest BCUT2D eigenvalue weighted by Gasteiger charge is 1.94. The number of allylic oxidation sites excluding steroid dienone is 2. The van der Waals surface area contributed by atoms with Crippen LogP contribution in [0, 0.1) is 5.92 Å². The van der Waals surface area contributed by atoms with E-state index in [4.69, 9.17) is 4.74 Å². The van der Waals surface area contributed by atoms with Crippen LogP contribution in [0.15, 0.2) is 49.1 Å². The van der Waals surface area contributed by atoms with Crippen LogP contribution in [-0.4, -0.2) is 6.61 Å². The van der Waals surface area contributed by atoms with Gasteiger partial charge in [0.05, 0.1) is 0 Å². The molecule has 0 saturated carbocycles. The van der Waals surface area contributed by atoms with Gasteiger partial charge in [0.25, 0.3) is 0 Å². The molecule has 0 saturated heterocycles. The summed E-state index contributed by atoms with van der Waals surface area (Å²) in [6.07, 6.45) is 8.25. The lowest BCUT2D eigenvalue weighted by molar-refractivity contribution is 0.361. The van der Waals surface area contributed by atoms with E-state index in [0.717, 1.165) is 18.6 Å². The van der Waals surface area contributed by atoms with Crippen LogP contribution in [-0.2, 0) is 6.42 Å². The Morgan fingerprint density at radius 2 is 2.24 bits per heavy atom. The van der Waals surface area contributed by atoms with Crippen LogP contribution in [0.25, 0.3) is 0 Å². The average molecular weight is 230 g/mol. The molecule has 1 aromatic rings. The molecule has 0 aliphatic rings. The van der Waals surface area contributed by atoms with Crippen LogP contribution in [0.2, 0.25) is 0 Å². The number of benzene rings is 1. The molecule has 0 aliphatic carbocycles.